The van der Waals surface area contributed by atoms with E-state index >= 15 is 0 Å². The summed E-state index contributed by atoms with van der Waals surface area (Å²) in [6.07, 6.45) is 3.94. The summed E-state index contributed by atoms with van der Waals surface area (Å²) >= 11 is 0. The maximum Gasteiger partial charge on any atom is 0.00518 e. The van der Waals surface area contributed by atoms with Crippen molar-refractivity contribution in [2.75, 3.05) is 19.6 Å². The van der Waals surface area contributed by atoms with Crippen molar-refractivity contribution in [2.45, 2.75) is 47.0 Å². The van der Waals surface area contributed by atoms with Crippen LogP contribution in [0.25, 0.3) is 0 Å². The lowest BCUT2D eigenvalue weighted by Crippen LogP contribution is -2.39. The average Bonchev–Trinajstić information content (AvgIpc) is 2.17. The second-order valence-electron chi connectivity index (χ2n) is 5.54. The monoisotopic (exact) mass is 209 g/mol. The molecule has 1 atom stereocenters. The second kappa shape index (κ2) is 5.16. The van der Waals surface area contributed by atoms with Crippen LogP contribution in [0.3, 0.4) is 0 Å². The Labute approximate surface area is 95.5 Å². The van der Waals surface area contributed by atoms with Crippen molar-refractivity contribution >= 4 is 0 Å². The first-order valence-electron chi connectivity index (χ1n) is 6.41. The van der Waals surface area contributed by atoms with Gasteiger partial charge in [0.2, 0.25) is 0 Å². The van der Waals surface area contributed by atoms with Crippen LogP contribution < -0.4 is 0 Å². The first-order valence-corrected chi connectivity index (χ1v) is 6.41. The van der Waals surface area contributed by atoms with E-state index in [0.717, 1.165) is 13.1 Å². The molecule has 1 rings (SSSR count). The molecule has 1 unspecified atom stereocenters. The Morgan fingerprint density at radius 2 is 1.93 bits per heavy atom. The summed E-state index contributed by atoms with van der Waals surface area (Å²) in [5.74, 6) is 0.700. The third-order valence-electron chi connectivity index (χ3n) is 4.09. The van der Waals surface area contributed by atoms with Gasteiger partial charge in [-0.05, 0) is 43.7 Å². The average molecular weight is 209 g/mol. The fourth-order valence-corrected chi connectivity index (χ4v) is 2.79. The first kappa shape index (κ1) is 12.8. The zero-order valence-corrected chi connectivity index (χ0v) is 11.0. The van der Waals surface area contributed by atoms with Crippen molar-refractivity contribution in [1.29, 1.82) is 0 Å². The third-order valence-corrected chi connectivity index (χ3v) is 4.09. The normalized spacial score (nSPS) is 25.9. The molecule has 0 heterocycles. The molecule has 0 amide bonds. The summed E-state index contributed by atoms with van der Waals surface area (Å²) in [6.45, 7) is 17.1. The van der Waals surface area contributed by atoms with Gasteiger partial charge < -0.3 is 4.90 Å². The predicted octanol–water partition coefficient (Wildman–Crippen LogP) is 3.71. The van der Waals surface area contributed by atoms with Crippen LogP contribution in [-0.2, 0) is 0 Å². The molecular weight excluding hydrogens is 182 g/mol. The number of hydrogen-bond donors (Lipinski definition) is 0. The van der Waals surface area contributed by atoms with Crippen LogP contribution in [0.5, 0.6) is 0 Å². The van der Waals surface area contributed by atoms with Gasteiger partial charge in [-0.2, -0.15) is 0 Å². The van der Waals surface area contributed by atoms with E-state index < -0.39 is 0 Å². The number of rotatable bonds is 4. The number of hydrogen-bond acceptors (Lipinski definition) is 1. The van der Waals surface area contributed by atoms with Crippen molar-refractivity contribution in [3.63, 3.8) is 0 Å². The van der Waals surface area contributed by atoms with E-state index in [0.29, 0.717) is 11.3 Å². The minimum atomic E-state index is 0.456. The molecule has 1 fully saturated rings. The van der Waals surface area contributed by atoms with E-state index in [-0.39, 0.29) is 0 Å². The Balaban J connectivity index is 2.66. The molecule has 88 valence electrons. The Morgan fingerprint density at radius 3 is 2.40 bits per heavy atom. The zero-order valence-electron chi connectivity index (χ0n) is 11.0. The van der Waals surface area contributed by atoms with Gasteiger partial charge in [-0.1, -0.05) is 39.8 Å². The van der Waals surface area contributed by atoms with E-state index in [2.05, 4.69) is 39.2 Å². The van der Waals surface area contributed by atoms with Crippen molar-refractivity contribution in [1.82, 2.24) is 4.90 Å². The SMILES string of the molecule is C=C1CCCC(C)(C)C1CN(CC)CC. The highest BCUT2D eigenvalue weighted by Gasteiger charge is 2.34. The molecular formula is C14H27N. The van der Waals surface area contributed by atoms with Crippen LogP contribution in [0, 0.1) is 11.3 Å². The van der Waals surface area contributed by atoms with Gasteiger partial charge in [0.25, 0.3) is 0 Å². The first-order chi connectivity index (χ1) is 7.01. The van der Waals surface area contributed by atoms with E-state index in [1.54, 1.807) is 0 Å². The molecule has 1 heteroatoms. The molecule has 1 aliphatic carbocycles. The molecule has 1 nitrogen and oxygen atoms in total. The molecule has 1 aliphatic rings. The zero-order chi connectivity index (χ0) is 11.5. The van der Waals surface area contributed by atoms with Crippen LogP contribution in [-0.4, -0.2) is 24.5 Å². The van der Waals surface area contributed by atoms with Crippen molar-refractivity contribution in [3.05, 3.63) is 12.2 Å². The molecule has 0 bridgehead atoms. The molecule has 0 aromatic rings. The lowest BCUT2D eigenvalue weighted by Gasteiger charge is -2.42. The quantitative estimate of drug-likeness (QED) is 0.638. The molecule has 0 spiro atoms. The third kappa shape index (κ3) is 3.07. The summed E-state index contributed by atoms with van der Waals surface area (Å²) in [7, 11) is 0. The maximum atomic E-state index is 4.29. The minimum Gasteiger partial charge on any atom is -0.303 e. The van der Waals surface area contributed by atoms with Crippen LogP contribution in [0.2, 0.25) is 0 Å². The molecule has 0 aromatic carbocycles. The molecule has 15 heavy (non-hydrogen) atoms. The summed E-state index contributed by atoms with van der Waals surface area (Å²) in [4.78, 5) is 2.53. The smallest absolute Gasteiger partial charge is 0.00518 e. The summed E-state index contributed by atoms with van der Waals surface area (Å²) in [5.41, 5.74) is 1.94. The van der Waals surface area contributed by atoms with Crippen molar-refractivity contribution in [3.8, 4) is 0 Å². The van der Waals surface area contributed by atoms with E-state index in [1.807, 2.05) is 0 Å². The molecule has 0 saturated heterocycles. The number of nitrogens with zero attached hydrogens (tertiary/aromatic N) is 1. The Morgan fingerprint density at radius 1 is 1.33 bits per heavy atom. The van der Waals surface area contributed by atoms with Gasteiger partial charge in [0, 0.05) is 6.54 Å². The van der Waals surface area contributed by atoms with Crippen LogP contribution in [0.4, 0.5) is 0 Å². The fraction of sp³-hybridized carbons (Fsp3) is 0.857. The van der Waals surface area contributed by atoms with Gasteiger partial charge >= 0.3 is 0 Å². The van der Waals surface area contributed by atoms with Gasteiger partial charge in [-0.3, -0.25) is 0 Å². The summed E-state index contributed by atoms with van der Waals surface area (Å²) in [5, 5.41) is 0. The van der Waals surface area contributed by atoms with Crippen LogP contribution in [0.15, 0.2) is 12.2 Å². The Bertz CT molecular complexity index is 213. The van der Waals surface area contributed by atoms with Gasteiger partial charge in [-0.25, -0.2) is 0 Å². The van der Waals surface area contributed by atoms with Gasteiger partial charge in [0.15, 0.2) is 0 Å². The molecule has 0 radical (unpaired) electrons. The lowest BCUT2D eigenvalue weighted by atomic mass is 9.66. The summed E-state index contributed by atoms with van der Waals surface area (Å²) in [6, 6.07) is 0. The second-order valence-corrected chi connectivity index (χ2v) is 5.54. The highest BCUT2D eigenvalue weighted by atomic mass is 15.1. The minimum absolute atomic E-state index is 0.456. The molecule has 1 saturated carbocycles. The van der Waals surface area contributed by atoms with Gasteiger partial charge in [0.1, 0.15) is 0 Å². The van der Waals surface area contributed by atoms with E-state index in [9.17, 15) is 0 Å². The van der Waals surface area contributed by atoms with Crippen molar-refractivity contribution in [2.24, 2.45) is 11.3 Å². The highest BCUT2D eigenvalue weighted by Crippen LogP contribution is 2.43. The summed E-state index contributed by atoms with van der Waals surface area (Å²) < 4.78 is 0. The fourth-order valence-electron chi connectivity index (χ4n) is 2.79. The predicted molar refractivity (Wildman–Crippen MR) is 68.1 cm³/mol. The molecule has 0 N–H and O–H groups in total. The molecule has 0 aliphatic heterocycles. The Kier molecular flexibility index (Phi) is 4.39. The van der Waals surface area contributed by atoms with Crippen LogP contribution >= 0.6 is 0 Å². The van der Waals surface area contributed by atoms with E-state index in [4.69, 9.17) is 0 Å². The van der Waals surface area contributed by atoms with Crippen LogP contribution in [0.1, 0.15) is 47.0 Å². The van der Waals surface area contributed by atoms with Gasteiger partial charge in [0.05, 0.1) is 0 Å². The van der Waals surface area contributed by atoms with Gasteiger partial charge in [-0.15, -0.1) is 0 Å². The topological polar surface area (TPSA) is 3.24 Å². The maximum absolute atomic E-state index is 4.29. The van der Waals surface area contributed by atoms with E-state index in [1.165, 1.54) is 31.4 Å². The molecule has 0 aromatic heterocycles. The lowest BCUT2D eigenvalue weighted by molar-refractivity contribution is 0.135. The highest BCUT2D eigenvalue weighted by molar-refractivity contribution is 5.10. The Hall–Kier alpha value is -0.300. The standard InChI is InChI=1S/C14H27N/c1-6-15(7-2)11-13-12(3)9-8-10-14(13,4)5/h13H,3,6-11H2,1-2,4-5H3. The largest absolute Gasteiger partial charge is 0.303 e. The van der Waals surface area contributed by atoms with Crippen molar-refractivity contribution < 1.29 is 0 Å².